The van der Waals surface area contributed by atoms with Crippen LogP contribution >= 0.6 is 11.3 Å². The maximum atomic E-state index is 13.3. The molecule has 0 radical (unpaired) electrons. The number of aromatic nitrogens is 2. The molecule has 2 aromatic carbocycles. The number of urea groups is 1. The van der Waals surface area contributed by atoms with Crippen molar-refractivity contribution in [3.05, 3.63) is 93.8 Å². The molecule has 2 aromatic heterocycles. The van der Waals surface area contributed by atoms with Crippen LogP contribution in [0.2, 0.25) is 0 Å². The molecule has 2 amide bonds. The van der Waals surface area contributed by atoms with Gasteiger partial charge in [-0.1, -0.05) is 41.6 Å². The Morgan fingerprint density at radius 1 is 1.09 bits per heavy atom. The molecule has 7 nitrogen and oxygen atoms in total. The molecule has 1 aliphatic heterocycles. The van der Waals surface area contributed by atoms with Crippen LogP contribution in [0.1, 0.15) is 41.1 Å². The highest BCUT2D eigenvalue weighted by atomic mass is 32.1. The van der Waals surface area contributed by atoms with E-state index in [-0.39, 0.29) is 6.03 Å². The first-order valence-electron chi connectivity index (χ1n) is 11.3. The Morgan fingerprint density at radius 2 is 1.89 bits per heavy atom. The number of carbonyl (C=O) groups excluding carboxylic acids is 1. The van der Waals surface area contributed by atoms with E-state index in [1.165, 1.54) is 5.56 Å². The van der Waals surface area contributed by atoms with Crippen LogP contribution in [0.4, 0.5) is 4.79 Å². The van der Waals surface area contributed by atoms with E-state index >= 15 is 0 Å². The Balaban J connectivity index is 1.58. The van der Waals surface area contributed by atoms with Crippen LogP contribution in [0.5, 0.6) is 5.75 Å². The lowest BCUT2D eigenvalue weighted by Gasteiger charge is -2.35. The number of benzene rings is 2. The summed E-state index contributed by atoms with van der Waals surface area (Å²) in [6.07, 6.45) is 0. The zero-order valence-electron chi connectivity index (χ0n) is 20.0. The zero-order chi connectivity index (χ0) is 24.5. The average Bonchev–Trinajstić information content (AvgIpc) is 3.56. The average molecular weight is 487 g/mol. The van der Waals surface area contributed by atoms with Crippen molar-refractivity contribution < 1.29 is 14.1 Å². The number of methoxy groups -OCH3 is 1. The molecule has 0 fully saturated rings. The van der Waals surface area contributed by atoms with Crippen LogP contribution in [-0.2, 0) is 6.54 Å². The van der Waals surface area contributed by atoms with Crippen molar-refractivity contribution in [3.8, 4) is 16.5 Å². The maximum Gasteiger partial charge on any atom is 0.322 e. The van der Waals surface area contributed by atoms with Gasteiger partial charge in [0.15, 0.2) is 0 Å². The summed E-state index contributed by atoms with van der Waals surface area (Å²) in [6, 6.07) is 17.2. The van der Waals surface area contributed by atoms with Crippen molar-refractivity contribution in [2.45, 2.75) is 33.4 Å². The lowest BCUT2D eigenvalue weighted by atomic mass is 9.92. The smallest absolute Gasteiger partial charge is 0.322 e. The normalized spacial score (nSPS) is 15.9. The Hall–Kier alpha value is -3.91. The first-order chi connectivity index (χ1) is 16.9. The van der Waals surface area contributed by atoms with Crippen molar-refractivity contribution in [1.82, 2.24) is 20.4 Å². The van der Waals surface area contributed by atoms with Crippen molar-refractivity contribution in [1.29, 1.82) is 0 Å². The monoisotopic (exact) mass is 486 g/mol. The lowest BCUT2D eigenvalue weighted by Crippen LogP contribution is -2.45. The number of carbonyl (C=O) groups is 1. The van der Waals surface area contributed by atoms with Crippen molar-refractivity contribution >= 4 is 22.9 Å². The van der Waals surface area contributed by atoms with Gasteiger partial charge >= 0.3 is 6.03 Å². The largest absolute Gasteiger partial charge is 0.497 e. The molecule has 0 spiro atoms. The van der Waals surface area contributed by atoms with Gasteiger partial charge in [-0.3, -0.25) is 4.90 Å². The topological polar surface area (TPSA) is 80.5 Å². The summed E-state index contributed by atoms with van der Waals surface area (Å²) < 4.78 is 11.0. The summed E-state index contributed by atoms with van der Waals surface area (Å²) in [6.45, 7) is 6.47. The molecule has 1 atom stereocenters. The van der Waals surface area contributed by atoms with Gasteiger partial charge in [-0.2, -0.15) is 4.98 Å². The van der Waals surface area contributed by atoms with Crippen LogP contribution in [0, 0.1) is 13.8 Å². The van der Waals surface area contributed by atoms with E-state index in [2.05, 4.69) is 36.5 Å². The molecular formula is C27H26N4O3S. The van der Waals surface area contributed by atoms with E-state index in [1.54, 1.807) is 23.3 Å². The van der Waals surface area contributed by atoms with Crippen LogP contribution in [0.25, 0.3) is 16.3 Å². The first kappa shape index (κ1) is 22.9. The van der Waals surface area contributed by atoms with E-state index in [9.17, 15) is 4.79 Å². The lowest BCUT2D eigenvalue weighted by molar-refractivity contribution is 0.203. The van der Waals surface area contributed by atoms with Crippen LogP contribution < -0.4 is 10.1 Å². The third-order valence-electron chi connectivity index (χ3n) is 6.36. The molecule has 0 saturated carbocycles. The molecule has 1 N–H and O–H groups in total. The van der Waals surface area contributed by atoms with Gasteiger partial charge in [-0.15, -0.1) is 11.3 Å². The number of nitrogens with one attached hydrogen (secondary N) is 1. The minimum Gasteiger partial charge on any atom is -0.497 e. The van der Waals surface area contributed by atoms with E-state index in [4.69, 9.17) is 14.2 Å². The van der Waals surface area contributed by atoms with Gasteiger partial charge < -0.3 is 14.6 Å². The minimum atomic E-state index is -0.412. The molecule has 0 bridgehead atoms. The highest BCUT2D eigenvalue weighted by Gasteiger charge is 2.36. The number of nitrogens with zero attached hydrogens (tertiary/aromatic N) is 3. The maximum absolute atomic E-state index is 13.3. The van der Waals surface area contributed by atoms with Crippen LogP contribution in [-0.4, -0.2) is 28.2 Å². The number of hydrogen-bond donors (Lipinski definition) is 1. The Labute approximate surface area is 208 Å². The number of aryl methyl sites for hydroxylation is 2. The summed E-state index contributed by atoms with van der Waals surface area (Å²) in [5, 5.41) is 9.37. The summed E-state index contributed by atoms with van der Waals surface area (Å²) >= 11 is 1.55. The fraction of sp³-hybridized carbons (Fsp3) is 0.222. The molecule has 1 unspecified atom stereocenters. The summed E-state index contributed by atoms with van der Waals surface area (Å²) in [5.41, 5.74) is 5.85. The molecular weight excluding hydrogens is 460 g/mol. The molecule has 8 heteroatoms. The van der Waals surface area contributed by atoms with Gasteiger partial charge in [0.25, 0.3) is 5.89 Å². The van der Waals surface area contributed by atoms with Gasteiger partial charge in [0.05, 0.1) is 30.1 Å². The molecule has 35 heavy (non-hydrogen) atoms. The molecule has 178 valence electrons. The number of ether oxygens (including phenoxy) is 1. The zero-order valence-corrected chi connectivity index (χ0v) is 20.8. The molecule has 5 rings (SSSR count). The van der Waals surface area contributed by atoms with E-state index in [1.807, 2.05) is 54.8 Å². The standard InChI is InChI=1S/C27H26N4O3S/c1-16-7-10-20(14-17(16)2)24-23(26-29-25(30-34-26)22-6-5-13-35-22)18(3)31(27(32)28-24)15-19-8-11-21(33-4)12-9-19/h5-14,24H,15H2,1-4H3,(H,28,32). The SMILES string of the molecule is COc1ccc(CN2C(=O)NC(c3ccc(C)c(C)c3)C(c3nc(-c4cccs4)no3)=C2C)cc1. The fourth-order valence-electron chi connectivity index (χ4n) is 4.20. The van der Waals surface area contributed by atoms with Gasteiger partial charge in [0.1, 0.15) is 5.75 Å². The summed E-state index contributed by atoms with van der Waals surface area (Å²) in [5.74, 6) is 1.70. The van der Waals surface area contributed by atoms with Gasteiger partial charge in [-0.05, 0) is 66.6 Å². The van der Waals surface area contributed by atoms with Crippen molar-refractivity contribution in [2.24, 2.45) is 0 Å². The number of amides is 2. The highest BCUT2D eigenvalue weighted by molar-refractivity contribution is 7.13. The number of hydrogen-bond acceptors (Lipinski definition) is 6. The molecule has 4 aromatic rings. The molecule has 0 aliphatic carbocycles. The first-order valence-corrected chi connectivity index (χ1v) is 12.2. The summed E-state index contributed by atoms with van der Waals surface area (Å²) in [4.78, 5) is 20.7. The van der Waals surface area contributed by atoms with E-state index in [0.717, 1.165) is 38.6 Å². The molecule has 3 heterocycles. The van der Waals surface area contributed by atoms with Crippen LogP contribution in [0.3, 0.4) is 0 Å². The summed E-state index contributed by atoms with van der Waals surface area (Å²) in [7, 11) is 1.63. The Kier molecular flexibility index (Phi) is 6.13. The Bertz CT molecular complexity index is 1390. The van der Waals surface area contributed by atoms with Gasteiger partial charge in [-0.25, -0.2) is 4.79 Å². The number of thiophene rings is 1. The Morgan fingerprint density at radius 3 is 2.57 bits per heavy atom. The second-order valence-corrected chi connectivity index (χ2v) is 9.51. The second kappa shape index (κ2) is 9.38. The van der Waals surface area contributed by atoms with Gasteiger partial charge in [0.2, 0.25) is 5.82 Å². The molecule has 1 aliphatic rings. The number of rotatable bonds is 6. The predicted molar refractivity (Wildman–Crippen MR) is 136 cm³/mol. The third-order valence-corrected chi connectivity index (χ3v) is 7.22. The fourth-order valence-corrected chi connectivity index (χ4v) is 4.84. The minimum absolute atomic E-state index is 0.178. The quantitative estimate of drug-likeness (QED) is 0.355. The van der Waals surface area contributed by atoms with E-state index in [0.29, 0.717) is 18.3 Å². The third kappa shape index (κ3) is 4.44. The number of allylic oxidation sites excluding steroid dienone is 1. The van der Waals surface area contributed by atoms with Crippen LogP contribution in [0.15, 0.2) is 70.2 Å². The second-order valence-electron chi connectivity index (χ2n) is 8.56. The van der Waals surface area contributed by atoms with Crippen molar-refractivity contribution in [2.75, 3.05) is 7.11 Å². The highest BCUT2D eigenvalue weighted by Crippen LogP contribution is 2.38. The predicted octanol–water partition coefficient (Wildman–Crippen LogP) is 6.12. The van der Waals surface area contributed by atoms with E-state index < -0.39 is 6.04 Å². The van der Waals surface area contributed by atoms with Crippen molar-refractivity contribution in [3.63, 3.8) is 0 Å². The molecule has 0 saturated heterocycles. The van der Waals surface area contributed by atoms with Gasteiger partial charge in [0, 0.05) is 5.70 Å².